The molecule has 0 saturated carbocycles. The third-order valence-corrected chi connectivity index (χ3v) is 5.95. The van der Waals surface area contributed by atoms with E-state index in [1.807, 2.05) is 0 Å². The molecule has 2 aliphatic heterocycles. The van der Waals surface area contributed by atoms with Gasteiger partial charge in [-0.15, -0.1) is 11.3 Å². The highest BCUT2D eigenvalue weighted by Gasteiger charge is 2.42. The molecule has 2 saturated heterocycles. The van der Waals surface area contributed by atoms with Gasteiger partial charge in [0.05, 0.1) is 18.8 Å². The number of rotatable bonds is 4. The Bertz CT molecular complexity index is 617. The van der Waals surface area contributed by atoms with Crippen LogP contribution in [0.25, 0.3) is 0 Å². The van der Waals surface area contributed by atoms with Gasteiger partial charge in [-0.3, -0.25) is 4.90 Å². The van der Waals surface area contributed by atoms with Gasteiger partial charge in [0.2, 0.25) is 0 Å². The van der Waals surface area contributed by atoms with E-state index in [9.17, 15) is 33.6 Å². The van der Waals surface area contributed by atoms with Crippen molar-refractivity contribution in [2.24, 2.45) is 5.92 Å². The average Bonchev–Trinajstić information content (AvgIpc) is 3.21. The van der Waals surface area contributed by atoms with Gasteiger partial charge in [-0.25, -0.2) is 4.98 Å². The third kappa shape index (κ3) is 3.97. The van der Waals surface area contributed by atoms with Gasteiger partial charge in [0.15, 0.2) is 10.8 Å². The minimum atomic E-state index is -4.46. The van der Waals surface area contributed by atoms with Crippen molar-refractivity contribution in [1.29, 1.82) is 0 Å². The molecule has 26 heavy (non-hydrogen) atoms. The Hall–Kier alpha value is -0.980. The van der Waals surface area contributed by atoms with Crippen LogP contribution in [-0.2, 0) is 6.18 Å². The Morgan fingerprint density at radius 3 is 2.54 bits per heavy atom. The highest BCUT2D eigenvalue weighted by atomic mass is 32.1. The normalized spacial score (nSPS) is 33.8. The number of hydrogen-bond acceptors (Lipinski definition) is 8. The fourth-order valence-corrected chi connectivity index (χ4v) is 4.48. The molecule has 5 atom stereocenters. The quantitative estimate of drug-likeness (QED) is 0.556. The number of piperidine rings is 1. The van der Waals surface area contributed by atoms with Crippen molar-refractivity contribution in [2.45, 2.75) is 37.0 Å². The highest BCUT2D eigenvalue weighted by Crippen LogP contribution is 2.35. The van der Waals surface area contributed by atoms with Crippen molar-refractivity contribution in [1.82, 2.24) is 9.88 Å². The molecule has 0 spiro atoms. The smallest absolute Gasteiger partial charge is 0.395 e. The Morgan fingerprint density at radius 2 is 1.92 bits per heavy atom. The van der Waals surface area contributed by atoms with Crippen LogP contribution >= 0.6 is 11.3 Å². The second-order valence-corrected chi connectivity index (χ2v) is 7.70. The summed E-state index contributed by atoms with van der Waals surface area (Å²) in [4.78, 5) is 7.19. The molecule has 0 aliphatic carbocycles. The van der Waals surface area contributed by atoms with Crippen LogP contribution in [0.3, 0.4) is 0 Å². The number of aromatic nitrogens is 1. The number of β-amino-alcohol motifs (C(OH)–C–C–N with tert-alkyl or cyclic N) is 1. The largest absolute Gasteiger partial charge is 0.434 e. The summed E-state index contributed by atoms with van der Waals surface area (Å²) in [6, 6.07) is -0.681. The first-order valence-corrected chi connectivity index (χ1v) is 9.25. The van der Waals surface area contributed by atoms with E-state index < -0.39 is 36.2 Å². The fraction of sp³-hybridized carbons (Fsp3) is 0.800. The predicted molar refractivity (Wildman–Crippen MR) is 87.9 cm³/mol. The topological polar surface area (TPSA) is 100 Å². The summed E-state index contributed by atoms with van der Waals surface area (Å²) in [7, 11) is 0. The number of thiazole rings is 1. The van der Waals surface area contributed by atoms with Crippen LogP contribution < -0.4 is 4.90 Å². The molecule has 4 N–H and O–H groups in total. The number of aliphatic hydroxyl groups excluding tert-OH is 4. The van der Waals surface area contributed by atoms with Crippen LogP contribution in [0, 0.1) is 5.92 Å². The molecule has 0 amide bonds. The van der Waals surface area contributed by atoms with E-state index in [1.165, 1.54) is 0 Å². The molecule has 2 fully saturated rings. The molecule has 0 bridgehead atoms. The van der Waals surface area contributed by atoms with Gasteiger partial charge < -0.3 is 25.3 Å². The maximum atomic E-state index is 12.7. The van der Waals surface area contributed by atoms with E-state index in [-0.39, 0.29) is 19.1 Å². The van der Waals surface area contributed by atoms with Crippen molar-refractivity contribution in [3.05, 3.63) is 11.1 Å². The van der Waals surface area contributed by atoms with Crippen molar-refractivity contribution >= 4 is 16.5 Å². The van der Waals surface area contributed by atoms with Crippen molar-refractivity contribution < 1.29 is 33.6 Å². The minimum Gasteiger partial charge on any atom is -0.395 e. The molecule has 2 aliphatic rings. The molecule has 3 unspecified atom stereocenters. The van der Waals surface area contributed by atoms with Gasteiger partial charge in [0, 0.05) is 31.6 Å². The van der Waals surface area contributed by atoms with Gasteiger partial charge in [0.1, 0.15) is 12.2 Å². The lowest BCUT2D eigenvalue weighted by atomic mass is 9.93. The molecular formula is C15H22F3N3O4S. The van der Waals surface area contributed by atoms with Crippen molar-refractivity contribution in [3.8, 4) is 0 Å². The molecule has 0 aromatic carbocycles. The third-order valence-electron chi connectivity index (χ3n) is 5.05. The van der Waals surface area contributed by atoms with Crippen LogP contribution in [-0.4, -0.2) is 87.4 Å². The van der Waals surface area contributed by atoms with E-state index in [1.54, 1.807) is 9.80 Å². The summed E-state index contributed by atoms with van der Waals surface area (Å²) >= 11 is 0.956. The number of halogens is 3. The first-order chi connectivity index (χ1) is 12.2. The molecular weight excluding hydrogens is 375 g/mol. The maximum absolute atomic E-state index is 12.7. The summed E-state index contributed by atoms with van der Waals surface area (Å²) in [5, 5.41) is 40.4. The summed E-state index contributed by atoms with van der Waals surface area (Å²) < 4.78 is 38.1. The van der Waals surface area contributed by atoms with Crippen molar-refractivity contribution in [3.63, 3.8) is 0 Å². The van der Waals surface area contributed by atoms with Crippen LogP contribution in [0.4, 0.5) is 18.3 Å². The SMILES string of the molecule is OC[C@H]1C(O)C(O)C(O)CN1C[C@@H]1CCN(c2nc(C(F)(F)F)cs2)C1. The van der Waals surface area contributed by atoms with Crippen LogP contribution in [0.5, 0.6) is 0 Å². The number of anilines is 1. The Morgan fingerprint density at radius 1 is 1.19 bits per heavy atom. The van der Waals surface area contributed by atoms with Crippen LogP contribution in [0.1, 0.15) is 12.1 Å². The number of aliphatic hydroxyl groups is 4. The molecule has 0 radical (unpaired) electrons. The number of likely N-dealkylation sites (tertiary alicyclic amines) is 1. The predicted octanol–water partition coefficient (Wildman–Crippen LogP) is -0.253. The van der Waals surface area contributed by atoms with E-state index in [0.717, 1.165) is 23.1 Å². The molecule has 1 aromatic heterocycles. The zero-order valence-corrected chi connectivity index (χ0v) is 14.7. The van der Waals surface area contributed by atoms with Crippen LogP contribution in [0.15, 0.2) is 5.38 Å². The lowest BCUT2D eigenvalue weighted by Crippen LogP contribution is -2.63. The lowest BCUT2D eigenvalue weighted by Gasteiger charge is -2.44. The molecule has 3 heterocycles. The molecule has 3 rings (SSSR count). The van der Waals surface area contributed by atoms with Gasteiger partial charge in [-0.05, 0) is 12.3 Å². The van der Waals surface area contributed by atoms with Gasteiger partial charge in [0.25, 0.3) is 0 Å². The Labute approximate surface area is 152 Å². The van der Waals surface area contributed by atoms with Gasteiger partial charge in [-0.2, -0.15) is 13.2 Å². The second-order valence-electron chi connectivity index (χ2n) is 6.87. The number of nitrogens with zero attached hydrogens (tertiary/aromatic N) is 3. The summed E-state index contributed by atoms with van der Waals surface area (Å²) in [5.74, 6) is 0.0944. The minimum absolute atomic E-state index is 0.0944. The zero-order valence-electron chi connectivity index (χ0n) is 13.9. The fourth-order valence-electron chi connectivity index (χ4n) is 3.62. The first kappa shape index (κ1) is 19.8. The van der Waals surface area contributed by atoms with Crippen LogP contribution in [0.2, 0.25) is 0 Å². The van der Waals surface area contributed by atoms with E-state index in [4.69, 9.17) is 0 Å². The summed E-state index contributed by atoms with van der Waals surface area (Å²) in [5.41, 5.74) is -0.891. The second kappa shape index (κ2) is 7.56. The average molecular weight is 397 g/mol. The van der Waals surface area contributed by atoms with E-state index >= 15 is 0 Å². The standard InChI is InChI=1S/C15H22F3N3O4S/c16-15(17,18)11-7-26-14(19-11)20-2-1-8(3-20)4-21-5-10(23)13(25)12(24)9(21)6-22/h7-10,12-13,22-25H,1-6H2/t8-,9+,10?,12?,13?/m1/s1. The van der Waals surface area contributed by atoms with E-state index in [2.05, 4.69) is 4.98 Å². The van der Waals surface area contributed by atoms with Gasteiger partial charge in [-0.1, -0.05) is 0 Å². The summed E-state index contributed by atoms with van der Waals surface area (Å²) in [6.07, 6.45) is -7.40. The summed E-state index contributed by atoms with van der Waals surface area (Å²) in [6.45, 7) is 1.30. The number of alkyl halides is 3. The molecule has 148 valence electrons. The molecule has 7 nitrogen and oxygen atoms in total. The maximum Gasteiger partial charge on any atom is 0.434 e. The van der Waals surface area contributed by atoms with Crippen molar-refractivity contribution in [2.75, 3.05) is 37.7 Å². The lowest BCUT2D eigenvalue weighted by molar-refractivity contribution is -0.146. The molecule has 1 aromatic rings. The van der Waals surface area contributed by atoms with Gasteiger partial charge >= 0.3 is 6.18 Å². The Kier molecular flexibility index (Phi) is 5.75. The first-order valence-electron chi connectivity index (χ1n) is 8.37. The van der Waals surface area contributed by atoms with E-state index in [0.29, 0.717) is 24.8 Å². The Balaban J connectivity index is 1.61. The monoisotopic (exact) mass is 397 g/mol. The highest BCUT2D eigenvalue weighted by molar-refractivity contribution is 7.13. The molecule has 11 heteroatoms. The zero-order chi connectivity index (χ0) is 19.1. The number of hydrogen-bond donors (Lipinski definition) is 4.